The molecule has 0 fully saturated rings. The number of rotatable bonds is 9. The number of unbranched alkanes of at least 4 members (excludes halogenated alkanes) is 1. The molecular formula is C15H29N5O. The highest BCUT2D eigenvalue weighted by Gasteiger charge is 2.03. The summed E-state index contributed by atoms with van der Waals surface area (Å²) in [5, 5.41) is 6.58. The van der Waals surface area contributed by atoms with Gasteiger partial charge in [-0.3, -0.25) is 4.99 Å². The van der Waals surface area contributed by atoms with Gasteiger partial charge in [0.2, 0.25) is 0 Å². The number of hydrogen-bond acceptors (Lipinski definition) is 3. The first-order valence-corrected chi connectivity index (χ1v) is 7.68. The molecule has 0 saturated heterocycles. The summed E-state index contributed by atoms with van der Waals surface area (Å²) in [6.45, 7) is 9.54. The number of imidazole rings is 1. The molecule has 0 amide bonds. The van der Waals surface area contributed by atoms with Crippen LogP contribution in [0.1, 0.15) is 32.5 Å². The third kappa shape index (κ3) is 7.13. The molecule has 0 radical (unpaired) electrons. The predicted molar refractivity (Wildman–Crippen MR) is 86.7 cm³/mol. The molecule has 0 aromatic carbocycles. The molecule has 1 heterocycles. The van der Waals surface area contributed by atoms with Crippen molar-refractivity contribution in [2.75, 3.05) is 26.8 Å². The fraction of sp³-hybridized carbons (Fsp3) is 0.733. The molecule has 2 N–H and O–H groups in total. The molecule has 1 aromatic heterocycles. The summed E-state index contributed by atoms with van der Waals surface area (Å²) in [4.78, 5) is 8.81. The summed E-state index contributed by atoms with van der Waals surface area (Å²) in [5.74, 6) is 1.93. The van der Waals surface area contributed by atoms with Crippen LogP contribution in [-0.2, 0) is 11.3 Å². The average Bonchev–Trinajstić information content (AvgIpc) is 2.84. The third-order valence-electron chi connectivity index (χ3n) is 3.14. The second-order valence-electron chi connectivity index (χ2n) is 5.14. The highest BCUT2D eigenvalue weighted by molar-refractivity contribution is 5.80. The average molecular weight is 295 g/mol. The molecule has 1 rings (SSSR count). The van der Waals surface area contributed by atoms with Gasteiger partial charge in [-0.2, -0.15) is 0 Å². The Bertz CT molecular complexity index is 416. The Labute approximate surface area is 128 Å². The summed E-state index contributed by atoms with van der Waals surface area (Å²) in [5.41, 5.74) is 0. The molecule has 0 saturated carbocycles. The lowest BCUT2D eigenvalue weighted by Gasteiger charge is -2.16. The fourth-order valence-corrected chi connectivity index (χ4v) is 2.07. The molecule has 0 spiro atoms. The van der Waals surface area contributed by atoms with Crippen LogP contribution in [-0.4, -0.2) is 48.4 Å². The number of ether oxygens (including phenoxy) is 1. The molecule has 0 bridgehead atoms. The number of nitrogens with zero attached hydrogens (tertiary/aromatic N) is 3. The number of guanidine groups is 1. The minimum atomic E-state index is 0.251. The number of aliphatic imine (C=N–C) groups is 1. The van der Waals surface area contributed by atoms with Gasteiger partial charge in [-0.1, -0.05) is 0 Å². The molecule has 0 aliphatic rings. The van der Waals surface area contributed by atoms with E-state index in [9.17, 15) is 0 Å². The van der Waals surface area contributed by atoms with Gasteiger partial charge < -0.3 is 19.9 Å². The molecule has 1 aromatic rings. The molecule has 1 atom stereocenters. The normalized spacial score (nSPS) is 13.2. The van der Waals surface area contributed by atoms with Gasteiger partial charge in [0.1, 0.15) is 5.82 Å². The smallest absolute Gasteiger partial charge is 0.191 e. The Morgan fingerprint density at radius 2 is 2.29 bits per heavy atom. The topological polar surface area (TPSA) is 63.5 Å². The minimum Gasteiger partial charge on any atom is -0.383 e. The number of hydrogen-bond donors (Lipinski definition) is 2. The van der Waals surface area contributed by atoms with Crippen LogP contribution in [0.5, 0.6) is 0 Å². The van der Waals surface area contributed by atoms with Crippen molar-refractivity contribution in [2.24, 2.45) is 4.99 Å². The van der Waals surface area contributed by atoms with Crippen LogP contribution in [0.3, 0.4) is 0 Å². The SMILES string of the molecule is CCNC(=NCCCCn1ccnc1C)NC(C)COC. The van der Waals surface area contributed by atoms with Crippen molar-refractivity contribution in [3.8, 4) is 0 Å². The van der Waals surface area contributed by atoms with Crippen LogP contribution in [0.2, 0.25) is 0 Å². The molecule has 0 aliphatic carbocycles. The molecule has 6 nitrogen and oxygen atoms in total. The quantitative estimate of drug-likeness (QED) is 0.412. The first-order chi connectivity index (χ1) is 10.2. The van der Waals surface area contributed by atoms with Gasteiger partial charge in [-0.05, 0) is 33.6 Å². The lowest BCUT2D eigenvalue weighted by Crippen LogP contribution is -2.44. The first kappa shape index (κ1) is 17.5. The van der Waals surface area contributed by atoms with Gasteiger partial charge in [0.25, 0.3) is 0 Å². The highest BCUT2D eigenvalue weighted by atomic mass is 16.5. The van der Waals surface area contributed by atoms with Crippen molar-refractivity contribution in [3.05, 3.63) is 18.2 Å². The van der Waals surface area contributed by atoms with Crippen LogP contribution in [0.4, 0.5) is 0 Å². The van der Waals surface area contributed by atoms with Crippen LogP contribution >= 0.6 is 0 Å². The minimum absolute atomic E-state index is 0.251. The maximum absolute atomic E-state index is 5.12. The number of methoxy groups -OCH3 is 1. The summed E-state index contributed by atoms with van der Waals surface area (Å²) in [6.07, 6.45) is 6.04. The van der Waals surface area contributed by atoms with E-state index in [1.807, 2.05) is 19.3 Å². The van der Waals surface area contributed by atoms with Crippen molar-refractivity contribution >= 4 is 5.96 Å². The van der Waals surface area contributed by atoms with Gasteiger partial charge in [-0.15, -0.1) is 0 Å². The van der Waals surface area contributed by atoms with E-state index in [0.717, 1.165) is 44.3 Å². The molecule has 21 heavy (non-hydrogen) atoms. The fourth-order valence-electron chi connectivity index (χ4n) is 2.07. The Morgan fingerprint density at radius 1 is 1.48 bits per heavy atom. The molecular weight excluding hydrogens is 266 g/mol. The zero-order valence-corrected chi connectivity index (χ0v) is 13.7. The second kappa shape index (κ2) is 10.2. The number of aromatic nitrogens is 2. The first-order valence-electron chi connectivity index (χ1n) is 7.68. The standard InChI is InChI=1S/C15H29N5O/c1-5-16-15(19-13(2)12-21-4)18-8-6-7-10-20-11-9-17-14(20)3/h9,11,13H,5-8,10,12H2,1-4H3,(H2,16,18,19). The van der Waals surface area contributed by atoms with Crippen molar-refractivity contribution in [2.45, 2.75) is 46.2 Å². The summed E-state index contributed by atoms with van der Waals surface area (Å²) >= 11 is 0. The van der Waals surface area contributed by atoms with Gasteiger partial charge >= 0.3 is 0 Å². The number of aryl methyl sites for hydroxylation is 2. The molecule has 120 valence electrons. The second-order valence-corrected chi connectivity index (χ2v) is 5.14. The van der Waals surface area contributed by atoms with Crippen molar-refractivity contribution in [1.82, 2.24) is 20.2 Å². The molecule has 1 unspecified atom stereocenters. The molecule has 0 aliphatic heterocycles. The van der Waals surface area contributed by atoms with Gasteiger partial charge in [-0.25, -0.2) is 4.98 Å². The van der Waals surface area contributed by atoms with Gasteiger partial charge in [0.05, 0.1) is 6.61 Å². The van der Waals surface area contributed by atoms with E-state index in [2.05, 4.69) is 39.0 Å². The Morgan fingerprint density at radius 3 is 2.90 bits per heavy atom. The van der Waals surface area contributed by atoms with E-state index in [0.29, 0.717) is 6.61 Å². The summed E-state index contributed by atoms with van der Waals surface area (Å²) in [7, 11) is 1.71. The van der Waals surface area contributed by atoms with E-state index in [4.69, 9.17) is 4.74 Å². The van der Waals surface area contributed by atoms with E-state index in [1.165, 1.54) is 0 Å². The number of nitrogens with one attached hydrogen (secondary N) is 2. The monoisotopic (exact) mass is 295 g/mol. The van der Waals surface area contributed by atoms with Crippen molar-refractivity contribution in [3.63, 3.8) is 0 Å². The van der Waals surface area contributed by atoms with E-state index in [-0.39, 0.29) is 6.04 Å². The zero-order valence-electron chi connectivity index (χ0n) is 13.7. The maximum atomic E-state index is 5.12. The summed E-state index contributed by atoms with van der Waals surface area (Å²) in [6, 6.07) is 0.251. The Balaban J connectivity index is 2.28. The van der Waals surface area contributed by atoms with Crippen LogP contribution in [0.15, 0.2) is 17.4 Å². The largest absolute Gasteiger partial charge is 0.383 e. The highest BCUT2D eigenvalue weighted by Crippen LogP contribution is 2.00. The Hall–Kier alpha value is -1.56. The molecule has 6 heteroatoms. The lowest BCUT2D eigenvalue weighted by atomic mass is 10.3. The summed E-state index contributed by atoms with van der Waals surface area (Å²) < 4.78 is 7.30. The van der Waals surface area contributed by atoms with Crippen LogP contribution < -0.4 is 10.6 Å². The van der Waals surface area contributed by atoms with Crippen molar-refractivity contribution in [1.29, 1.82) is 0 Å². The van der Waals surface area contributed by atoms with Gasteiger partial charge in [0, 0.05) is 45.2 Å². The van der Waals surface area contributed by atoms with Gasteiger partial charge in [0.15, 0.2) is 5.96 Å². The van der Waals surface area contributed by atoms with E-state index >= 15 is 0 Å². The third-order valence-corrected chi connectivity index (χ3v) is 3.14. The lowest BCUT2D eigenvalue weighted by molar-refractivity contribution is 0.179. The van der Waals surface area contributed by atoms with Crippen molar-refractivity contribution < 1.29 is 4.74 Å². The zero-order chi connectivity index (χ0) is 15.5. The Kier molecular flexibility index (Phi) is 8.50. The van der Waals surface area contributed by atoms with Crippen LogP contribution in [0, 0.1) is 6.92 Å². The van der Waals surface area contributed by atoms with Crippen LogP contribution in [0.25, 0.3) is 0 Å². The maximum Gasteiger partial charge on any atom is 0.191 e. The van der Waals surface area contributed by atoms with E-state index < -0.39 is 0 Å². The van der Waals surface area contributed by atoms with E-state index in [1.54, 1.807) is 7.11 Å². The predicted octanol–water partition coefficient (Wildman–Crippen LogP) is 1.56.